The number of carbonyl (C=O) groups is 1. The lowest BCUT2D eigenvalue weighted by molar-refractivity contribution is 0.0573. The number of amides is 1. The number of likely N-dealkylation sites (tertiary alicyclic amines) is 1. The van der Waals surface area contributed by atoms with Crippen molar-refractivity contribution in [3.63, 3.8) is 0 Å². The van der Waals surface area contributed by atoms with Gasteiger partial charge < -0.3 is 9.47 Å². The minimum atomic E-state index is 0.138. The fraction of sp³-hybridized carbons (Fsp3) is 0.529. The van der Waals surface area contributed by atoms with Gasteiger partial charge in [-0.1, -0.05) is 0 Å². The molecule has 0 aliphatic carbocycles. The van der Waals surface area contributed by atoms with Crippen LogP contribution >= 0.6 is 0 Å². The van der Waals surface area contributed by atoms with Crippen molar-refractivity contribution in [2.75, 3.05) is 6.54 Å². The van der Waals surface area contributed by atoms with Gasteiger partial charge in [-0.15, -0.1) is 0 Å². The molecule has 3 heterocycles. The van der Waals surface area contributed by atoms with Gasteiger partial charge >= 0.3 is 0 Å². The predicted molar refractivity (Wildman–Crippen MR) is 85.8 cm³/mol. The van der Waals surface area contributed by atoms with Crippen LogP contribution in [0, 0.1) is 13.8 Å². The summed E-state index contributed by atoms with van der Waals surface area (Å²) in [6, 6.07) is 6.14. The van der Waals surface area contributed by atoms with E-state index in [1.165, 1.54) is 6.42 Å². The molecule has 1 atom stereocenters. The first kappa shape index (κ1) is 14.9. The van der Waals surface area contributed by atoms with E-state index in [9.17, 15) is 4.79 Å². The average Bonchev–Trinajstić information content (AvgIpc) is 3.05. The van der Waals surface area contributed by atoms with Crippen molar-refractivity contribution in [1.29, 1.82) is 0 Å². The highest BCUT2D eigenvalue weighted by Gasteiger charge is 2.29. The average molecular weight is 300 g/mol. The van der Waals surface area contributed by atoms with Gasteiger partial charge in [-0.2, -0.15) is 5.10 Å². The molecule has 22 heavy (non-hydrogen) atoms. The summed E-state index contributed by atoms with van der Waals surface area (Å²) in [5.74, 6) is 0.138. The van der Waals surface area contributed by atoms with Crippen molar-refractivity contribution >= 4 is 5.91 Å². The van der Waals surface area contributed by atoms with E-state index in [0.717, 1.165) is 43.0 Å². The molecule has 0 radical (unpaired) electrons. The van der Waals surface area contributed by atoms with Gasteiger partial charge in [0.15, 0.2) is 0 Å². The van der Waals surface area contributed by atoms with Crippen molar-refractivity contribution in [1.82, 2.24) is 19.2 Å². The smallest absolute Gasteiger partial charge is 0.270 e. The van der Waals surface area contributed by atoms with Crippen LogP contribution in [-0.2, 0) is 13.6 Å². The molecule has 0 aromatic carbocycles. The molecular formula is C17H24N4O. The van der Waals surface area contributed by atoms with Crippen LogP contribution in [0.2, 0.25) is 0 Å². The van der Waals surface area contributed by atoms with Gasteiger partial charge in [-0.05, 0) is 51.3 Å². The molecule has 0 bridgehead atoms. The minimum absolute atomic E-state index is 0.138. The van der Waals surface area contributed by atoms with Crippen LogP contribution < -0.4 is 0 Å². The van der Waals surface area contributed by atoms with E-state index in [-0.39, 0.29) is 11.9 Å². The van der Waals surface area contributed by atoms with Crippen LogP contribution in [0.1, 0.15) is 41.1 Å². The fourth-order valence-electron chi connectivity index (χ4n) is 3.35. The predicted octanol–water partition coefficient (Wildman–Crippen LogP) is 2.53. The number of rotatable bonds is 3. The molecule has 1 aliphatic rings. The summed E-state index contributed by atoms with van der Waals surface area (Å²) in [6.07, 6.45) is 5.24. The zero-order valence-electron chi connectivity index (χ0n) is 13.6. The summed E-state index contributed by atoms with van der Waals surface area (Å²) in [5.41, 5.74) is 2.96. The number of aromatic nitrogens is 3. The third kappa shape index (κ3) is 2.80. The maximum absolute atomic E-state index is 12.8. The molecule has 2 aromatic rings. The molecule has 5 heteroatoms. The van der Waals surface area contributed by atoms with Gasteiger partial charge in [-0.3, -0.25) is 9.48 Å². The molecule has 5 nitrogen and oxygen atoms in total. The van der Waals surface area contributed by atoms with Crippen molar-refractivity contribution in [3.8, 4) is 0 Å². The number of nitrogens with zero attached hydrogens (tertiary/aromatic N) is 4. The second-order valence-corrected chi connectivity index (χ2v) is 6.26. The quantitative estimate of drug-likeness (QED) is 0.874. The molecule has 0 spiro atoms. The largest absolute Gasteiger partial charge is 0.347 e. The SMILES string of the molecule is Cc1cc(C)n(C[C@H]2CCCCN2C(=O)c2cccn2C)n1. The van der Waals surface area contributed by atoms with E-state index >= 15 is 0 Å². The lowest BCUT2D eigenvalue weighted by atomic mass is 10.0. The third-order valence-corrected chi connectivity index (χ3v) is 4.54. The molecule has 2 aromatic heterocycles. The summed E-state index contributed by atoms with van der Waals surface area (Å²) in [5, 5.41) is 4.55. The van der Waals surface area contributed by atoms with Crippen LogP contribution in [0.4, 0.5) is 0 Å². The zero-order chi connectivity index (χ0) is 15.7. The van der Waals surface area contributed by atoms with Gasteiger partial charge in [0.05, 0.1) is 18.3 Å². The van der Waals surface area contributed by atoms with E-state index in [2.05, 4.69) is 18.1 Å². The molecule has 0 saturated carbocycles. The van der Waals surface area contributed by atoms with Crippen LogP contribution in [0.25, 0.3) is 0 Å². The Morgan fingerprint density at radius 3 is 2.82 bits per heavy atom. The molecule has 1 aliphatic heterocycles. The standard InChI is InChI=1S/C17H24N4O/c1-13-11-14(2)21(18-13)12-15-7-4-5-10-20(15)17(22)16-8-6-9-19(16)3/h6,8-9,11,15H,4-5,7,10,12H2,1-3H3/t15-/m1/s1. The highest BCUT2D eigenvalue weighted by atomic mass is 16.2. The van der Waals surface area contributed by atoms with Crippen LogP contribution in [0.15, 0.2) is 24.4 Å². The van der Waals surface area contributed by atoms with Crippen LogP contribution in [0.3, 0.4) is 0 Å². The Bertz CT molecular complexity index is 670. The van der Waals surface area contributed by atoms with Crippen molar-refractivity contribution in [2.45, 2.75) is 45.7 Å². The summed E-state index contributed by atoms with van der Waals surface area (Å²) in [4.78, 5) is 14.9. The molecule has 1 amide bonds. The van der Waals surface area contributed by atoms with Gasteiger partial charge in [0.1, 0.15) is 5.69 Å². The second-order valence-electron chi connectivity index (χ2n) is 6.26. The minimum Gasteiger partial charge on any atom is -0.347 e. The molecule has 118 valence electrons. The Morgan fingerprint density at radius 2 is 2.18 bits per heavy atom. The highest BCUT2D eigenvalue weighted by molar-refractivity contribution is 5.93. The Kier molecular flexibility index (Phi) is 4.05. The lowest BCUT2D eigenvalue weighted by Gasteiger charge is -2.36. The van der Waals surface area contributed by atoms with Gasteiger partial charge in [-0.25, -0.2) is 0 Å². The van der Waals surface area contributed by atoms with E-state index in [1.54, 1.807) is 0 Å². The van der Waals surface area contributed by atoms with Gasteiger partial charge in [0, 0.05) is 25.5 Å². The summed E-state index contributed by atoms with van der Waals surface area (Å²) in [7, 11) is 1.92. The number of hydrogen-bond acceptors (Lipinski definition) is 2. The third-order valence-electron chi connectivity index (χ3n) is 4.54. The Morgan fingerprint density at radius 1 is 1.36 bits per heavy atom. The van der Waals surface area contributed by atoms with E-state index in [4.69, 9.17) is 0 Å². The number of piperidine rings is 1. The Hall–Kier alpha value is -2.04. The summed E-state index contributed by atoms with van der Waals surface area (Å²) < 4.78 is 3.94. The second kappa shape index (κ2) is 5.99. The maximum Gasteiger partial charge on any atom is 0.270 e. The normalized spacial score (nSPS) is 18.7. The highest BCUT2D eigenvalue weighted by Crippen LogP contribution is 2.21. The van der Waals surface area contributed by atoms with Crippen LogP contribution in [-0.4, -0.2) is 37.7 Å². The monoisotopic (exact) mass is 300 g/mol. The molecule has 3 rings (SSSR count). The molecule has 0 N–H and O–H groups in total. The topological polar surface area (TPSA) is 43.1 Å². The van der Waals surface area contributed by atoms with Crippen molar-refractivity contribution < 1.29 is 4.79 Å². The lowest BCUT2D eigenvalue weighted by Crippen LogP contribution is -2.46. The zero-order valence-corrected chi connectivity index (χ0v) is 13.6. The Balaban J connectivity index is 1.81. The van der Waals surface area contributed by atoms with Crippen molar-refractivity contribution in [2.24, 2.45) is 7.05 Å². The van der Waals surface area contributed by atoms with E-state index < -0.39 is 0 Å². The number of carbonyl (C=O) groups excluding carboxylic acids is 1. The number of aryl methyl sites for hydroxylation is 3. The number of hydrogen-bond donors (Lipinski definition) is 0. The Labute approximate surface area is 131 Å². The fourth-order valence-corrected chi connectivity index (χ4v) is 3.35. The van der Waals surface area contributed by atoms with Gasteiger partial charge in [0.25, 0.3) is 5.91 Å². The summed E-state index contributed by atoms with van der Waals surface area (Å²) in [6.45, 7) is 5.72. The molecule has 1 fully saturated rings. The molecular weight excluding hydrogens is 276 g/mol. The van der Waals surface area contributed by atoms with E-state index in [1.807, 2.05) is 46.4 Å². The maximum atomic E-state index is 12.8. The first-order valence-electron chi connectivity index (χ1n) is 7.99. The first-order valence-corrected chi connectivity index (χ1v) is 7.99. The summed E-state index contributed by atoms with van der Waals surface area (Å²) >= 11 is 0. The van der Waals surface area contributed by atoms with Crippen LogP contribution in [0.5, 0.6) is 0 Å². The first-order chi connectivity index (χ1) is 10.6. The van der Waals surface area contributed by atoms with Gasteiger partial charge in [0.2, 0.25) is 0 Å². The molecule has 1 saturated heterocycles. The van der Waals surface area contributed by atoms with Crippen molar-refractivity contribution in [3.05, 3.63) is 41.5 Å². The molecule has 0 unspecified atom stereocenters. The van der Waals surface area contributed by atoms with E-state index in [0.29, 0.717) is 0 Å².